The summed E-state index contributed by atoms with van der Waals surface area (Å²) in [6.45, 7) is 4.10. The summed E-state index contributed by atoms with van der Waals surface area (Å²) in [6, 6.07) is 9.16. The number of carbonyl (C=O) groups is 2. The number of nitrogens with one attached hydrogen (secondary N) is 1. The van der Waals surface area contributed by atoms with E-state index in [1.54, 1.807) is 26.0 Å². The van der Waals surface area contributed by atoms with Crippen molar-refractivity contribution in [2.75, 3.05) is 6.54 Å². The van der Waals surface area contributed by atoms with Crippen molar-refractivity contribution in [3.05, 3.63) is 70.2 Å². The van der Waals surface area contributed by atoms with E-state index in [0.717, 1.165) is 0 Å². The van der Waals surface area contributed by atoms with E-state index in [0.29, 0.717) is 18.5 Å². The van der Waals surface area contributed by atoms with E-state index in [4.69, 9.17) is 11.6 Å². The predicted octanol–water partition coefficient (Wildman–Crippen LogP) is 4.10. The topological polar surface area (TPSA) is 49.4 Å². The summed E-state index contributed by atoms with van der Waals surface area (Å²) in [5.74, 6) is -1.70. The highest BCUT2D eigenvalue weighted by molar-refractivity contribution is 6.31. The van der Waals surface area contributed by atoms with Crippen LogP contribution in [0.5, 0.6) is 0 Å². The first kappa shape index (κ1) is 21.8. The summed E-state index contributed by atoms with van der Waals surface area (Å²) < 4.78 is 27.3. The van der Waals surface area contributed by atoms with Gasteiger partial charge in [-0.2, -0.15) is 0 Å². The molecule has 0 aromatic heterocycles. The lowest BCUT2D eigenvalue weighted by molar-refractivity contribution is -0.140. The molecule has 2 aromatic rings. The lowest BCUT2D eigenvalue weighted by Gasteiger charge is -2.30. The highest BCUT2D eigenvalue weighted by Gasteiger charge is 2.29. The summed E-state index contributed by atoms with van der Waals surface area (Å²) in [7, 11) is 0. The van der Waals surface area contributed by atoms with Crippen LogP contribution >= 0.6 is 11.6 Å². The van der Waals surface area contributed by atoms with Crippen molar-refractivity contribution < 1.29 is 18.4 Å². The molecule has 0 saturated heterocycles. The molecule has 0 fully saturated rings. The smallest absolute Gasteiger partial charge is 0.242 e. The summed E-state index contributed by atoms with van der Waals surface area (Å²) in [4.78, 5) is 26.9. The maximum absolute atomic E-state index is 14.1. The van der Waals surface area contributed by atoms with Gasteiger partial charge >= 0.3 is 0 Å². The van der Waals surface area contributed by atoms with E-state index in [9.17, 15) is 18.4 Å². The third kappa shape index (κ3) is 5.52. The Morgan fingerprint density at radius 2 is 1.79 bits per heavy atom. The van der Waals surface area contributed by atoms with Crippen LogP contribution in [-0.4, -0.2) is 29.3 Å². The van der Waals surface area contributed by atoms with Crippen molar-refractivity contribution in [3.8, 4) is 0 Å². The minimum Gasteiger partial charge on any atom is -0.355 e. The van der Waals surface area contributed by atoms with Crippen LogP contribution in [0.1, 0.15) is 31.4 Å². The van der Waals surface area contributed by atoms with Crippen LogP contribution in [0, 0.1) is 11.6 Å². The molecule has 0 heterocycles. The first-order valence-electron chi connectivity index (χ1n) is 9.11. The Morgan fingerprint density at radius 3 is 2.36 bits per heavy atom. The molecule has 0 aliphatic heterocycles. The van der Waals surface area contributed by atoms with E-state index in [1.165, 1.54) is 35.2 Å². The molecule has 1 atom stereocenters. The second kappa shape index (κ2) is 10.2. The van der Waals surface area contributed by atoms with Gasteiger partial charge in [0.05, 0.1) is 6.42 Å². The van der Waals surface area contributed by atoms with Crippen LogP contribution in [0.4, 0.5) is 8.78 Å². The third-order valence-corrected chi connectivity index (χ3v) is 4.75. The van der Waals surface area contributed by atoms with Crippen LogP contribution in [0.25, 0.3) is 0 Å². The average Bonchev–Trinajstić information content (AvgIpc) is 2.66. The van der Waals surface area contributed by atoms with Gasteiger partial charge in [0.2, 0.25) is 11.8 Å². The Kier molecular flexibility index (Phi) is 7.93. The van der Waals surface area contributed by atoms with Crippen molar-refractivity contribution in [2.24, 2.45) is 0 Å². The number of carbonyl (C=O) groups excluding carboxylic acids is 2. The molecular formula is C21H23ClF2N2O2. The second-order valence-corrected chi connectivity index (χ2v) is 6.75. The molecule has 0 saturated carbocycles. The number of hydrogen-bond acceptors (Lipinski definition) is 2. The van der Waals surface area contributed by atoms with Gasteiger partial charge in [0, 0.05) is 23.7 Å². The summed E-state index contributed by atoms with van der Waals surface area (Å²) >= 11 is 6.05. The first-order chi connectivity index (χ1) is 13.4. The number of likely N-dealkylation sites (N-methyl/N-ethyl adjacent to an activating group) is 1. The number of amides is 2. The molecule has 0 unspecified atom stereocenters. The summed E-state index contributed by atoms with van der Waals surface area (Å²) in [5.41, 5.74) is 0.751. The Balaban J connectivity index is 2.33. The Labute approximate surface area is 168 Å². The van der Waals surface area contributed by atoms with E-state index < -0.39 is 23.6 Å². The number of hydrogen-bond donors (Lipinski definition) is 1. The molecule has 2 amide bonds. The van der Waals surface area contributed by atoms with Crippen molar-refractivity contribution in [3.63, 3.8) is 0 Å². The van der Waals surface area contributed by atoms with Crippen LogP contribution in [-0.2, 0) is 22.6 Å². The lowest BCUT2D eigenvalue weighted by atomic mass is 10.1. The molecule has 150 valence electrons. The van der Waals surface area contributed by atoms with Gasteiger partial charge in [-0.05, 0) is 43.2 Å². The van der Waals surface area contributed by atoms with Gasteiger partial charge in [-0.3, -0.25) is 9.59 Å². The van der Waals surface area contributed by atoms with Crippen molar-refractivity contribution in [1.82, 2.24) is 10.2 Å². The fraction of sp³-hybridized carbons (Fsp3) is 0.333. The molecule has 28 heavy (non-hydrogen) atoms. The molecule has 1 N–H and O–H groups in total. The molecular weight excluding hydrogens is 386 g/mol. The number of benzene rings is 2. The van der Waals surface area contributed by atoms with Gasteiger partial charge < -0.3 is 10.2 Å². The molecule has 0 spiro atoms. The molecule has 0 radical (unpaired) electrons. The molecule has 2 aromatic carbocycles. The van der Waals surface area contributed by atoms with Gasteiger partial charge in [0.15, 0.2) is 0 Å². The van der Waals surface area contributed by atoms with Gasteiger partial charge in [-0.1, -0.05) is 36.7 Å². The van der Waals surface area contributed by atoms with Crippen molar-refractivity contribution in [1.29, 1.82) is 0 Å². The van der Waals surface area contributed by atoms with Crippen LogP contribution < -0.4 is 5.32 Å². The largest absolute Gasteiger partial charge is 0.355 e. The second-order valence-electron chi connectivity index (χ2n) is 6.34. The van der Waals surface area contributed by atoms with Crippen LogP contribution in [0.3, 0.4) is 0 Å². The zero-order valence-corrected chi connectivity index (χ0v) is 16.6. The molecule has 4 nitrogen and oxygen atoms in total. The monoisotopic (exact) mass is 408 g/mol. The van der Waals surface area contributed by atoms with Gasteiger partial charge in [-0.15, -0.1) is 0 Å². The molecule has 2 rings (SSSR count). The molecule has 0 aliphatic carbocycles. The number of rotatable bonds is 8. The highest BCUT2D eigenvalue weighted by atomic mass is 35.5. The fourth-order valence-electron chi connectivity index (χ4n) is 2.95. The van der Waals surface area contributed by atoms with Crippen molar-refractivity contribution in [2.45, 2.75) is 39.3 Å². The summed E-state index contributed by atoms with van der Waals surface area (Å²) in [5, 5.41) is 2.87. The minimum atomic E-state index is -0.733. The van der Waals surface area contributed by atoms with E-state index >= 15 is 0 Å². The van der Waals surface area contributed by atoms with E-state index in [1.807, 2.05) is 0 Å². The standard InChI is InChI=1S/C21H23ClF2N2O2/c1-3-19(21(28)25-4-2)26(13-14-8-10-15(23)11-9-14)20(27)12-16-17(22)6-5-7-18(16)24/h5-11,19H,3-4,12-13H2,1-2H3,(H,25,28)/t19-/m0/s1. The maximum Gasteiger partial charge on any atom is 0.242 e. The Morgan fingerprint density at radius 1 is 1.11 bits per heavy atom. The minimum absolute atomic E-state index is 0.0871. The SMILES string of the molecule is CCNC(=O)[C@H](CC)N(Cc1ccc(F)cc1)C(=O)Cc1c(F)cccc1Cl. The zero-order chi connectivity index (χ0) is 20.7. The van der Waals surface area contributed by atoms with Crippen LogP contribution in [0.2, 0.25) is 5.02 Å². The van der Waals surface area contributed by atoms with E-state index in [2.05, 4.69) is 5.32 Å². The lowest BCUT2D eigenvalue weighted by Crippen LogP contribution is -2.49. The molecule has 0 bridgehead atoms. The Hall–Kier alpha value is -2.47. The highest BCUT2D eigenvalue weighted by Crippen LogP contribution is 2.22. The number of halogens is 3. The quantitative estimate of drug-likeness (QED) is 0.714. The fourth-order valence-corrected chi connectivity index (χ4v) is 3.18. The van der Waals surface area contributed by atoms with Gasteiger partial charge in [0.25, 0.3) is 0 Å². The number of nitrogens with zero attached hydrogens (tertiary/aromatic N) is 1. The van der Waals surface area contributed by atoms with Crippen molar-refractivity contribution >= 4 is 23.4 Å². The normalized spacial score (nSPS) is 11.8. The van der Waals surface area contributed by atoms with E-state index in [-0.39, 0.29) is 29.5 Å². The van der Waals surface area contributed by atoms with Gasteiger partial charge in [0.1, 0.15) is 17.7 Å². The zero-order valence-electron chi connectivity index (χ0n) is 15.8. The Bertz CT molecular complexity index is 807. The maximum atomic E-state index is 14.1. The van der Waals surface area contributed by atoms with Gasteiger partial charge in [-0.25, -0.2) is 8.78 Å². The molecule has 0 aliphatic rings. The first-order valence-corrected chi connectivity index (χ1v) is 9.49. The molecule has 7 heteroatoms. The third-order valence-electron chi connectivity index (χ3n) is 4.39. The average molecular weight is 409 g/mol. The predicted molar refractivity (Wildman–Crippen MR) is 105 cm³/mol. The summed E-state index contributed by atoms with van der Waals surface area (Å²) in [6.07, 6.45) is 0.104. The van der Waals surface area contributed by atoms with Crippen LogP contribution in [0.15, 0.2) is 42.5 Å².